The van der Waals surface area contributed by atoms with Gasteiger partial charge in [0.05, 0.1) is 23.6 Å². The molecule has 2 fully saturated rings. The second-order valence-corrected chi connectivity index (χ2v) is 8.62. The molecule has 0 aliphatic carbocycles. The van der Waals surface area contributed by atoms with Crippen molar-refractivity contribution in [2.45, 2.75) is 24.3 Å². The topological polar surface area (TPSA) is 69.7 Å². The summed E-state index contributed by atoms with van der Waals surface area (Å²) in [5.41, 5.74) is 1.80. The normalized spacial score (nSPS) is 25.6. The molecule has 0 aromatic heterocycles. The van der Waals surface area contributed by atoms with Crippen molar-refractivity contribution in [3.63, 3.8) is 0 Å². The Balaban J connectivity index is 1.29. The molecule has 1 spiro atoms. The molecule has 3 aliphatic heterocycles. The van der Waals surface area contributed by atoms with Gasteiger partial charge >= 0.3 is 0 Å². The third-order valence-corrected chi connectivity index (χ3v) is 6.98. The fourth-order valence-corrected chi connectivity index (χ4v) is 5.37. The van der Waals surface area contributed by atoms with Crippen molar-refractivity contribution in [3.8, 4) is 0 Å². The first-order valence-electron chi connectivity index (χ1n) is 10.6. The van der Waals surface area contributed by atoms with Crippen LogP contribution in [0, 0.1) is 0 Å². The second kappa shape index (κ2) is 6.49. The summed E-state index contributed by atoms with van der Waals surface area (Å²) in [7, 11) is 0. The van der Waals surface area contributed by atoms with Gasteiger partial charge in [-0.25, -0.2) is 4.90 Å². The zero-order valence-electron chi connectivity index (χ0n) is 16.9. The van der Waals surface area contributed by atoms with Gasteiger partial charge in [0.1, 0.15) is 0 Å². The molecule has 6 rings (SSSR count). The smallest absolute Gasteiger partial charge is 0.251 e. The van der Waals surface area contributed by atoms with E-state index >= 15 is 0 Å². The summed E-state index contributed by atoms with van der Waals surface area (Å²) in [5.74, 6) is -0.411. The van der Waals surface area contributed by atoms with Crippen LogP contribution in [0.4, 0.5) is 11.4 Å². The van der Waals surface area contributed by atoms with Gasteiger partial charge < -0.3 is 5.32 Å². The number of benzene rings is 3. The van der Waals surface area contributed by atoms with Gasteiger partial charge in [0.2, 0.25) is 11.8 Å². The van der Waals surface area contributed by atoms with Gasteiger partial charge in [-0.3, -0.25) is 19.3 Å². The van der Waals surface area contributed by atoms with E-state index in [0.717, 1.165) is 22.0 Å². The van der Waals surface area contributed by atoms with Gasteiger partial charge in [0.25, 0.3) is 5.91 Å². The lowest BCUT2D eigenvalue weighted by Crippen LogP contribution is -2.44. The molecule has 2 atom stereocenters. The highest BCUT2D eigenvalue weighted by atomic mass is 16.2. The van der Waals surface area contributed by atoms with E-state index in [9.17, 15) is 14.4 Å². The second-order valence-electron chi connectivity index (χ2n) is 8.62. The summed E-state index contributed by atoms with van der Waals surface area (Å²) in [6.45, 7) is 1.06. The van der Waals surface area contributed by atoms with Crippen LogP contribution in [-0.4, -0.2) is 41.8 Å². The van der Waals surface area contributed by atoms with Crippen molar-refractivity contribution < 1.29 is 14.4 Å². The maximum absolute atomic E-state index is 13.3. The first-order chi connectivity index (χ1) is 15.1. The Bertz CT molecular complexity index is 1270. The molecule has 31 heavy (non-hydrogen) atoms. The maximum Gasteiger partial charge on any atom is 0.251 e. The van der Waals surface area contributed by atoms with E-state index in [1.54, 1.807) is 0 Å². The van der Waals surface area contributed by atoms with E-state index in [1.807, 2.05) is 71.6 Å². The highest BCUT2D eigenvalue weighted by Crippen LogP contribution is 2.45. The van der Waals surface area contributed by atoms with Crippen LogP contribution in [0.25, 0.3) is 10.8 Å². The summed E-state index contributed by atoms with van der Waals surface area (Å²) in [5, 5.41) is 5.04. The minimum absolute atomic E-state index is 0.0145. The number of fused-ring (bicyclic) bond motifs is 3. The number of amides is 3. The largest absolute Gasteiger partial charge is 0.325 e. The predicted octanol–water partition coefficient (Wildman–Crippen LogP) is 3.07. The van der Waals surface area contributed by atoms with Crippen molar-refractivity contribution in [1.82, 2.24) is 4.90 Å². The van der Waals surface area contributed by atoms with Crippen LogP contribution in [0.2, 0.25) is 0 Å². The lowest BCUT2D eigenvalue weighted by atomic mass is 9.81. The lowest BCUT2D eigenvalue weighted by Gasteiger charge is -2.25. The Hall–Kier alpha value is -3.51. The Labute approximate surface area is 179 Å². The van der Waals surface area contributed by atoms with Gasteiger partial charge in [-0.05, 0) is 41.0 Å². The quantitative estimate of drug-likeness (QED) is 0.658. The van der Waals surface area contributed by atoms with Crippen LogP contribution in [0.5, 0.6) is 0 Å². The molecule has 6 heteroatoms. The Morgan fingerprint density at radius 1 is 0.903 bits per heavy atom. The number of nitrogens with zero attached hydrogens (tertiary/aromatic N) is 2. The van der Waals surface area contributed by atoms with E-state index in [2.05, 4.69) is 5.32 Å². The summed E-state index contributed by atoms with van der Waals surface area (Å²) in [6, 6.07) is 20.7. The van der Waals surface area contributed by atoms with Crippen LogP contribution >= 0.6 is 0 Å². The van der Waals surface area contributed by atoms with Crippen molar-refractivity contribution in [2.24, 2.45) is 0 Å². The van der Waals surface area contributed by atoms with E-state index in [-0.39, 0.29) is 24.1 Å². The number of likely N-dealkylation sites (tertiary alicyclic amines) is 1. The predicted molar refractivity (Wildman–Crippen MR) is 118 cm³/mol. The number of hydrogen-bond donors (Lipinski definition) is 1. The van der Waals surface area contributed by atoms with Crippen molar-refractivity contribution in [3.05, 3.63) is 72.3 Å². The highest BCUT2D eigenvalue weighted by molar-refractivity contribution is 6.23. The number of nitrogens with one attached hydrogen (secondary N) is 1. The van der Waals surface area contributed by atoms with E-state index < -0.39 is 11.5 Å². The molecule has 154 valence electrons. The molecule has 2 saturated heterocycles. The minimum atomic E-state index is -0.643. The number of para-hydroxylation sites is 1. The number of imide groups is 1. The van der Waals surface area contributed by atoms with Gasteiger partial charge in [-0.2, -0.15) is 0 Å². The molecule has 3 amide bonds. The van der Waals surface area contributed by atoms with Gasteiger partial charge in [-0.1, -0.05) is 48.5 Å². The van der Waals surface area contributed by atoms with Crippen LogP contribution in [0.3, 0.4) is 0 Å². The summed E-state index contributed by atoms with van der Waals surface area (Å²) in [4.78, 5) is 42.4. The van der Waals surface area contributed by atoms with E-state index in [1.165, 1.54) is 4.90 Å². The molecular weight excluding hydrogens is 390 g/mol. The monoisotopic (exact) mass is 411 g/mol. The number of rotatable bonds is 2. The van der Waals surface area contributed by atoms with Crippen LogP contribution in [-0.2, 0) is 19.8 Å². The minimum Gasteiger partial charge on any atom is -0.325 e. The average molecular weight is 411 g/mol. The molecule has 3 aromatic rings. The lowest BCUT2D eigenvalue weighted by molar-refractivity contribution is -0.124. The number of carbonyl (C=O) groups is 3. The molecule has 1 N–H and O–H groups in total. The zero-order valence-corrected chi connectivity index (χ0v) is 16.9. The van der Waals surface area contributed by atoms with Crippen LogP contribution in [0.1, 0.15) is 18.4 Å². The third-order valence-electron chi connectivity index (χ3n) is 6.98. The van der Waals surface area contributed by atoms with E-state index in [4.69, 9.17) is 0 Å². The van der Waals surface area contributed by atoms with Crippen molar-refractivity contribution in [2.75, 3.05) is 23.3 Å². The summed E-state index contributed by atoms with van der Waals surface area (Å²) < 4.78 is 0. The summed E-state index contributed by atoms with van der Waals surface area (Å²) >= 11 is 0. The Kier molecular flexibility index (Phi) is 3.83. The molecule has 3 aromatic carbocycles. The number of carbonyl (C=O) groups excluding carboxylic acids is 3. The van der Waals surface area contributed by atoms with E-state index in [0.29, 0.717) is 25.2 Å². The zero-order chi connectivity index (χ0) is 21.2. The molecule has 3 heterocycles. The molecule has 2 unspecified atom stereocenters. The van der Waals surface area contributed by atoms with Crippen LogP contribution < -0.4 is 10.2 Å². The molecule has 0 radical (unpaired) electrons. The van der Waals surface area contributed by atoms with Gasteiger partial charge in [0, 0.05) is 18.8 Å². The average Bonchev–Trinajstić information content (AvgIpc) is 3.43. The van der Waals surface area contributed by atoms with Crippen LogP contribution in [0.15, 0.2) is 66.7 Å². The number of anilines is 2. The fourth-order valence-electron chi connectivity index (χ4n) is 5.37. The first kappa shape index (κ1) is 18.3. The standard InChI is InChI=1S/C25H21N3O3/c29-22-14-21(23(30)28(22)18-10-9-16-5-1-2-6-17(16)13-18)27-12-11-25(15-27)19-7-3-4-8-20(19)26-24(25)31/h1-10,13,21H,11-12,14-15H2,(H,26,31). The molecule has 0 bridgehead atoms. The van der Waals surface area contributed by atoms with Gasteiger partial charge in [-0.15, -0.1) is 0 Å². The Morgan fingerprint density at radius 2 is 1.68 bits per heavy atom. The SMILES string of the molecule is O=C1CC(N2CCC3(C2)C(=O)Nc2ccccc23)C(=O)N1c1ccc2ccccc2c1. The first-order valence-corrected chi connectivity index (χ1v) is 10.6. The molecule has 3 aliphatic rings. The van der Waals surface area contributed by atoms with Crippen molar-refractivity contribution in [1.29, 1.82) is 0 Å². The maximum atomic E-state index is 13.3. The van der Waals surface area contributed by atoms with Crippen molar-refractivity contribution >= 4 is 39.9 Å². The molecular formula is C25H21N3O3. The number of hydrogen-bond acceptors (Lipinski definition) is 4. The van der Waals surface area contributed by atoms with Gasteiger partial charge in [0.15, 0.2) is 0 Å². The fraction of sp³-hybridized carbons (Fsp3) is 0.240. The third kappa shape index (κ3) is 2.58. The molecule has 0 saturated carbocycles. The highest BCUT2D eigenvalue weighted by Gasteiger charge is 2.54. The molecule has 6 nitrogen and oxygen atoms in total. The Morgan fingerprint density at radius 3 is 2.55 bits per heavy atom. The summed E-state index contributed by atoms with van der Waals surface area (Å²) in [6.07, 6.45) is 0.787.